The minimum absolute atomic E-state index is 0.102. The summed E-state index contributed by atoms with van der Waals surface area (Å²) in [6.07, 6.45) is 0. The number of rotatable bonds is 3. The van der Waals surface area contributed by atoms with E-state index in [2.05, 4.69) is 15.3 Å². The van der Waals surface area contributed by atoms with Crippen LogP contribution in [0.3, 0.4) is 0 Å². The smallest absolute Gasteiger partial charge is 0.270 e. The molecule has 1 N–H and O–H groups in total. The fourth-order valence-electron chi connectivity index (χ4n) is 1.21. The Morgan fingerprint density at radius 2 is 2.00 bits per heavy atom. The molecule has 0 fully saturated rings. The monoisotopic (exact) mass is 222 g/mol. The largest absolute Gasteiger partial charge is 0.349 e. The van der Waals surface area contributed by atoms with Gasteiger partial charge in [-0.1, -0.05) is 0 Å². The summed E-state index contributed by atoms with van der Waals surface area (Å²) >= 11 is 0. The lowest BCUT2D eigenvalue weighted by Gasteiger charge is -2.13. The Morgan fingerprint density at radius 1 is 1.38 bits per heavy atom. The Labute approximate surface area is 95.9 Å². The first-order valence-corrected chi connectivity index (χ1v) is 5.24. The summed E-state index contributed by atoms with van der Waals surface area (Å²) in [6.45, 7) is 5.68. The zero-order valence-corrected chi connectivity index (χ0v) is 10.4. The molecule has 0 aromatic carbocycles. The van der Waals surface area contributed by atoms with Crippen LogP contribution in [0.2, 0.25) is 0 Å². The standard InChI is InChI=1S/C11H18N4O/c1-7(2)12-10(16)9-6-8(3)13-11(14-9)15(4)5/h6-7H,1-5H3,(H,12,16). The molecule has 16 heavy (non-hydrogen) atoms. The molecule has 0 aliphatic rings. The average molecular weight is 222 g/mol. The highest BCUT2D eigenvalue weighted by Gasteiger charge is 2.11. The normalized spacial score (nSPS) is 10.4. The highest BCUT2D eigenvalue weighted by Crippen LogP contribution is 2.07. The van der Waals surface area contributed by atoms with Gasteiger partial charge in [-0.25, -0.2) is 9.97 Å². The molecule has 0 bridgehead atoms. The van der Waals surface area contributed by atoms with Crippen molar-refractivity contribution in [2.24, 2.45) is 0 Å². The third-order valence-electron chi connectivity index (χ3n) is 1.89. The number of nitrogens with zero attached hydrogens (tertiary/aromatic N) is 3. The van der Waals surface area contributed by atoms with Crippen molar-refractivity contribution in [1.29, 1.82) is 0 Å². The fourth-order valence-corrected chi connectivity index (χ4v) is 1.21. The number of nitrogens with one attached hydrogen (secondary N) is 1. The molecule has 0 unspecified atom stereocenters. The molecule has 1 amide bonds. The zero-order chi connectivity index (χ0) is 12.3. The van der Waals surface area contributed by atoms with Crippen LogP contribution in [0, 0.1) is 6.92 Å². The molecule has 0 aliphatic heterocycles. The van der Waals surface area contributed by atoms with Crippen LogP contribution in [0.5, 0.6) is 0 Å². The van der Waals surface area contributed by atoms with Crippen LogP contribution in [-0.4, -0.2) is 36.0 Å². The third kappa shape index (κ3) is 3.18. The van der Waals surface area contributed by atoms with E-state index in [0.717, 1.165) is 5.69 Å². The molecule has 1 heterocycles. The van der Waals surface area contributed by atoms with Crippen LogP contribution >= 0.6 is 0 Å². The maximum atomic E-state index is 11.8. The molecule has 0 atom stereocenters. The fraction of sp³-hybridized carbons (Fsp3) is 0.545. The number of amides is 1. The number of anilines is 1. The SMILES string of the molecule is Cc1cc(C(=O)NC(C)C)nc(N(C)C)n1. The van der Waals surface area contributed by atoms with Gasteiger partial charge in [-0.15, -0.1) is 0 Å². The molecule has 5 nitrogen and oxygen atoms in total. The first-order chi connectivity index (χ1) is 7.40. The highest BCUT2D eigenvalue weighted by atomic mass is 16.1. The van der Waals surface area contributed by atoms with Crippen LogP contribution in [-0.2, 0) is 0 Å². The van der Waals surface area contributed by atoms with Gasteiger partial charge in [0, 0.05) is 25.8 Å². The van der Waals surface area contributed by atoms with E-state index < -0.39 is 0 Å². The van der Waals surface area contributed by atoms with Crippen molar-refractivity contribution in [3.05, 3.63) is 17.5 Å². The molecule has 1 aromatic heterocycles. The Bertz CT molecular complexity index is 388. The number of carbonyl (C=O) groups excluding carboxylic acids is 1. The molecular formula is C11H18N4O. The molecule has 1 aromatic rings. The molecule has 88 valence electrons. The Balaban J connectivity index is 3.00. The van der Waals surface area contributed by atoms with E-state index in [4.69, 9.17) is 0 Å². The second-order valence-corrected chi connectivity index (χ2v) is 4.22. The second-order valence-electron chi connectivity index (χ2n) is 4.22. The molecule has 1 rings (SSSR count). The van der Waals surface area contributed by atoms with Crippen LogP contribution in [0.1, 0.15) is 30.0 Å². The average Bonchev–Trinajstić information content (AvgIpc) is 2.15. The van der Waals surface area contributed by atoms with Crippen molar-refractivity contribution in [2.45, 2.75) is 26.8 Å². The van der Waals surface area contributed by atoms with Gasteiger partial charge >= 0.3 is 0 Å². The van der Waals surface area contributed by atoms with Crippen molar-refractivity contribution < 1.29 is 4.79 Å². The van der Waals surface area contributed by atoms with Crippen LogP contribution in [0.15, 0.2) is 6.07 Å². The van der Waals surface area contributed by atoms with Crippen LogP contribution < -0.4 is 10.2 Å². The van der Waals surface area contributed by atoms with E-state index in [1.807, 2.05) is 34.9 Å². The number of carbonyl (C=O) groups is 1. The first kappa shape index (κ1) is 12.4. The number of hydrogen-bond donors (Lipinski definition) is 1. The van der Waals surface area contributed by atoms with Gasteiger partial charge in [-0.2, -0.15) is 0 Å². The highest BCUT2D eigenvalue weighted by molar-refractivity contribution is 5.92. The number of aryl methyl sites for hydroxylation is 1. The van der Waals surface area contributed by atoms with Crippen molar-refractivity contribution in [2.75, 3.05) is 19.0 Å². The van der Waals surface area contributed by atoms with Crippen molar-refractivity contribution in [1.82, 2.24) is 15.3 Å². The summed E-state index contributed by atoms with van der Waals surface area (Å²) in [7, 11) is 3.69. The maximum Gasteiger partial charge on any atom is 0.270 e. The van der Waals surface area contributed by atoms with Crippen LogP contribution in [0.25, 0.3) is 0 Å². The molecule has 5 heteroatoms. The summed E-state index contributed by atoms with van der Waals surface area (Å²) < 4.78 is 0. The molecular weight excluding hydrogens is 204 g/mol. The maximum absolute atomic E-state index is 11.8. The molecule has 0 saturated carbocycles. The van der Waals surface area contributed by atoms with E-state index in [-0.39, 0.29) is 11.9 Å². The topological polar surface area (TPSA) is 58.1 Å². The van der Waals surface area contributed by atoms with E-state index >= 15 is 0 Å². The minimum atomic E-state index is -0.163. The summed E-state index contributed by atoms with van der Waals surface area (Å²) in [5.41, 5.74) is 1.19. The Kier molecular flexibility index (Phi) is 3.82. The minimum Gasteiger partial charge on any atom is -0.349 e. The summed E-state index contributed by atoms with van der Waals surface area (Å²) in [4.78, 5) is 22.0. The predicted molar refractivity (Wildman–Crippen MR) is 63.7 cm³/mol. The molecule has 0 saturated heterocycles. The number of hydrogen-bond acceptors (Lipinski definition) is 4. The summed E-state index contributed by atoms with van der Waals surface area (Å²) in [6, 6.07) is 1.79. The van der Waals surface area contributed by atoms with Gasteiger partial charge in [0.05, 0.1) is 0 Å². The van der Waals surface area contributed by atoms with E-state index in [9.17, 15) is 4.79 Å². The summed E-state index contributed by atoms with van der Waals surface area (Å²) in [5, 5.41) is 2.80. The van der Waals surface area contributed by atoms with Gasteiger partial charge in [-0.3, -0.25) is 4.79 Å². The van der Waals surface area contributed by atoms with Gasteiger partial charge in [0.2, 0.25) is 5.95 Å². The Hall–Kier alpha value is -1.65. The van der Waals surface area contributed by atoms with E-state index in [1.54, 1.807) is 11.0 Å². The van der Waals surface area contributed by atoms with E-state index in [1.165, 1.54) is 0 Å². The van der Waals surface area contributed by atoms with Gasteiger partial charge in [0.15, 0.2) is 0 Å². The van der Waals surface area contributed by atoms with Gasteiger partial charge < -0.3 is 10.2 Å². The molecule has 0 spiro atoms. The van der Waals surface area contributed by atoms with Crippen LogP contribution in [0.4, 0.5) is 5.95 Å². The lowest BCUT2D eigenvalue weighted by Crippen LogP contribution is -2.31. The van der Waals surface area contributed by atoms with Crippen molar-refractivity contribution >= 4 is 11.9 Å². The van der Waals surface area contributed by atoms with Crippen molar-refractivity contribution in [3.8, 4) is 0 Å². The van der Waals surface area contributed by atoms with E-state index in [0.29, 0.717) is 11.6 Å². The lowest BCUT2D eigenvalue weighted by atomic mass is 10.3. The van der Waals surface area contributed by atoms with Gasteiger partial charge in [0.25, 0.3) is 5.91 Å². The van der Waals surface area contributed by atoms with Gasteiger partial charge in [-0.05, 0) is 26.8 Å². The second kappa shape index (κ2) is 4.92. The zero-order valence-electron chi connectivity index (χ0n) is 10.4. The quantitative estimate of drug-likeness (QED) is 0.828. The number of aromatic nitrogens is 2. The molecule has 0 radical (unpaired) electrons. The van der Waals surface area contributed by atoms with Crippen molar-refractivity contribution in [3.63, 3.8) is 0 Å². The van der Waals surface area contributed by atoms with Gasteiger partial charge in [0.1, 0.15) is 5.69 Å². The first-order valence-electron chi connectivity index (χ1n) is 5.24. The summed E-state index contributed by atoms with van der Waals surface area (Å²) in [5.74, 6) is 0.387. The third-order valence-corrected chi connectivity index (χ3v) is 1.89. The lowest BCUT2D eigenvalue weighted by molar-refractivity contribution is 0.0938. The molecule has 0 aliphatic carbocycles. The Morgan fingerprint density at radius 3 is 2.50 bits per heavy atom. The predicted octanol–water partition coefficient (Wildman–Crippen LogP) is 0.989.